The van der Waals surface area contributed by atoms with Gasteiger partial charge in [0.1, 0.15) is 5.75 Å². The number of ether oxygens (including phenoxy) is 1. The lowest BCUT2D eigenvalue weighted by Gasteiger charge is -2.16. The van der Waals surface area contributed by atoms with Crippen LogP contribution in [0.2, 0.25) is 0 Å². The van der Waals surface area contributed by atoms with Crippen molar-refractivity contribution in [2.24, 2.45) is 0 Å². The molecule has 2 aromatic rings. The largest absolute Gasteiger partial charge is 0.493 e. The average molecular weight is 297 g/mol. The zero-order valence-electron chi connectivity index (χ0n) is 11.0. The zero-order valence-corrected chi connectivity index (χ0v) is 11.0. The third-order valence-electron chi connectivity index (χ3n) is 3.01. The summed E-state index contributed by atoms with van der Waals surface area (Å²) in [5, 5.41) is 9.36. The second-order valence-corrected chi connectivity index (χ2v) is 4.50. The molecule has 0 spiro atoms. The number of hydrogen-bond donors (Lipinski definition) is 1. The van der Waals surface area contributed by atoms with Crippen LogP contribution in [0.5, 0.6) is 5.75 Å². The Balaban J connectivity index is 2.05. The van der Waals surface area contributed by atoms with Crippen LogP contribution in [0.15, 0.2) is 48.8 Å². The fourth-order valence-electron chi connectivity index (χ4n) is 1.85. The second kappa shape index (κ2) is 6.58. The number of halogens is 3. The Morgan fingerprint density at radius 2 is 1.86 bits per heavy atom. The maximum absolute atomic E-state index is 12.6. The molecule has 1 heterocycles. The van der Waals surface area contributed by atoms with Crippen LogP contribution in [0, 0.1) is 0 Å². The van der Waals surface area contributed by atoms with Crippen LogP contribution < -0.4 is 4.74 Å². The third kappa shape index (κ3) is 4.19. The SMILES string of the molecule is OCC(COc1cccc(C(F)(F)F)c1)c1ccncc1. The van der Waals surface area contributed by atoms with E-state index >= 15 is 0 Å². The summed E-state index contributed by atoms with van der Waals surface area (Å²) < 4.78 is 43.2. The number of aromatic nitrogens is 1. The molecule has 0 saturated heterocycles. The lowest BCUT2D eigenvalue weighted by molar-refractivity contribution is -0.137. The first-order valence-electron chi connectivity index (χ1n) is 6.31. The van der Waals surface area contributed by atoms with Gasteiger partial charge in [-0.25, -0.2) is 0 Å². The second-order valence-electron chi connectivity index (χ2n) is 4.50. The number of aliphatic hydroxyl groups excluding tert-OH is 1. The molecule has 3 nitrogen and oxygen atoms in total. The normalized spacial score (nSPS) is 13.0. The minimum Gasteiger partial charge on any atom is -0.493 e. The highest BCUT2D eigenvalue weighted by molar-refractivity contribution is 5.30. The van der Waals surface area contributed by atoms with E-state index in [1.54, 1.807) is 24.5 Å². The zero-order chi connectivity index (χ0) is 15.3. The van der Waals surface area contributed by atoms with Crippen LogP contribution in [-0.2, 0) is 6.18 Å². The summed E-state index contributed by atoms with van der Waals surface area (Å²) in [5.41, 5.74) is 0.0592. The fourth-order valence-corrected chi connectivity index (χ4v) is 1.85. The number of benzene rings is 1. The minimum absolute atomic E-state index is 0.0851. The van der Waals surface area contributed by atoms with Crippen molar-refractivity contribution in [2.75, 3.05) is 13.2 Å². The first-order chi connectivity index (χ1) is 10.0. The standard InChI is InChI=1S/C15H14F3NO2/c16-15(17,18)13-2-1-3-14(8-13)21-10-12(9-20)11-4-6-19-7-5-11/h1-8,12,20H,9-10H2. The lowest BCUT2D eigenvalue weighted by Crippen LogP contribution is -2.14. The molecule has 112 valence electrons. The Kier molecular flexibility index (Phi) is 4.80. The van der Waals surface area contributed by atoms with Crippen molar-refractivity contribution in [3.63, 3.8) is 0 Å². The minimum atomic E-state index is -4.40. The molecular weight excluding hydrogens is 283 g/mol. The molecule has 0 amide bonds. The van der Waals surface area contributed by atoms with Gasteiger partial charge >= 0.3 is 6.18 Å². The Bertz CT molecular complexity index is 573. The van der Waals surface area contributed by atoms with Crippen LogP contribution in [0.3, 0.4) is 0 Å². The van der Waals surface area contributed by atoms with E-state index < -0.39 is 11.7 Å². The third-order valence-corrected chi connectivity index (χ3v) is 3.01. The highest BCUT2D eigenvalue weighted by Gasteiger charge is 2.30. The molecule has 21 heavy (non-hydrogen) atoms. The first kappa shape index (κ1) is 15.3. The molecule has 1 aromatic heterocycles. The van der Waals surface area contributed by atoms with E-state index in [0.717, 1.165) is 17.7 Å². The summed E-state index contributed by atoms with van der Waals surface area (Å²) >= 11 is 0. The lowest BCUT2D eigenvalue weighted by atomic mass is 10.0. The van der Waals surface area contributed by atoms with Crippen molar-refractivity contribution in [3.8, 4) is 5.75 Å². The summed E-state index contributed by atoms with van der Waals surface area (Å²) in [7, 11) is 0. The molecule has 6 heteroatoms. The maximum atomic E-state index is 12.6. The number of rotatable bonds is 5. The summed E-state index contributed by atoms with van der Waals surface area (Å²) in [4.78, 5) is 3.87. The molecule has 1 atom stereocenters. The van der Waals surface area contributed by atoms with Gasteiger partial charge in [-0.1, -0.05) is 6.07 Å². The number of aliphatic hydroxyl groups is 1. The molecule has 0 aliphatic heterocycles. The van der Waals surface area contributed by atoms with Gasteiger partial charge in [-0.2, -0.15) is 13.2 Å². The van der Waals surface area contributed by atoms with Crippen LogP contribution in [0.1, 0.15) is 17.0 Å². The number of nitrogens with zero attached hydrogens (tertiary/aromatic N) is 1. The van der Waals surface area contributed by atoms with E-state index in [0.29, 0.717) is 0 Å². The van der Waals surface area contributed by atoms with Gasteiger partial charge in [-0.15, -0.1) is 0 Å². The number of hydrogen-bond acceptors (Lipinski definition) is 3. The number of pyridine rings is 1. The van der Waals surface area contributed by atoms with E-state index in [1.807, 2.05) is 0 Å². The van der Waals surface area contributed by atoms with E-state index in [4.69, 9.17) is 4.74 Å². The monoisotopic (exact) mass is 297 g/mol. The van der Waals surface area contributed by atoms with E-state index in [1.165, 1.54) is 12.1 Å². The molecule has 0 fully saturated rings. The van der Waals surface area contributed by atoms with Gasteiger partial charge < -0.3 is 9.84 Å². The van der Waals surface area contributed by atoms with Crippen LogP contribution in [0.25, 0.3) is 0 Å². The molecule has 0 saturated carbocycles. The van der Waals surface area contributed by atoms with Gasteiger partial charge in [0.2, 0.25) is 0 Å². The molecule has 1 unspecified atom stereocenters. The van der Waals surface area contributed by atoms with Gasteiger partial charge in [0.15, 0.2) is 0 Å². The average Bonchev–Trinajstić information content (AvgIpc) is 2.48. The van der Waals surface area contributed by atoms with Crippen molar-refractivity contribution in [1.29, 1.82) is 0 Å². The van der Waals surface area contributed by atoms with Gasteiger partial charge in [0.25, 0.3) is 0 Å². The predicted octanol–water partition coefficient (Wildman–Crippen LogP) is 3.26. The van der Waals surface area contributed by atoms with Gasteiger partial charge in [-0.3, -0.25) is 4.98 Å². The highest BCUT2D eigenvalue weighted by Crippen LogP contribution is 2.31. The predicted molar refractivity (Wildman–Crippen MR) is 71.0 cm³/mol. The van der Waals surface area contributed by atoms with Crippen LogP contribution >= 0.6 is 0 Å². The molecule has 1 N–H and O–H groups in total. The Hall–Kier alpha value is -2.08. The van der Waals surface area contributed by atoms with Crippen molar-refractivity contribution >= 4 is 0 Å². The van der Waals surface area contributed by atoms with Gasteiger partial charge in [-0.05, 0) is 35.9 Å². The summed E-state index contributed by atoms with van der Waals surface area (Å²) in [6.07, 6.45) is -1.23. The topological polar surface area (TPSA) is 42.4 Å². The Morgan fingerprint density at radius 3 is 2.48 bits per heavy atom. The molecule has 0 bridgehead atoms. The van der Waals surface area contributed by atoms with Crippen molar-refractivity contribution in [1.82, 2.24) is 4.98 Å². The molecule has 2 rings (SSSR count). The van der Waals surface area contributed by atoms with Crippen LogP contribution in [0.4, 0.5) is 13.2 Å². The van der Waals surface area contributed by atoms with Crippen LogP contribution in [-0.4, -0.2) is 23.3 Å². The molecule has 0 radical (unpaired) electrons. The smallest absolute Gasteiger partial charge is 0.416 e. The van der Waals surface area contributed by atoms with Crippen molar-refractivity contribution < 1.29 is 23.0 Å². The van der Waals surface area contributed by atoms with Crippen molar-refractivity contribution in [2.45, 2.75) is 12.1 Å². The fraction of sp³-hybridized carbons (Fsp3) is 0.267. The summed E-state index contributed by atoms with van der Waals surface area (Å²) in [5.74, 6) is -0.195. The molecule has 0 aliphatic carbocycles. The van der Waals surface area contributed by atoms with E-state index in [2.05, 4.69) is 4.98 Å². The molecular formula is C15H14F3NO2. The Morgan fingerprint density at radius 1 is 1.14 bits per heavy atom. The first-order valence-corrected chi connectivity index (χ1v) is 6.31. The quantitative estimate of drug-likeness (QED) is 0.921. The van der Waals surface area contributed by atoms with Gasteiger partial charge in [0, 0.05) is 18.3 Å². The Labute approximate surface area is 120 Å². The molecule has 1 aromatic carbocycles. The summed E-state index contributed by atoms with van der Waals surface area (Å²) in [6.45, 7) is -0.0786. The van der Waals surface area contributed by atoms with E-state index in [9.17, 15) is 18.3 Å². The highest BCUT2D eigenvalue weighted by atomic mass is 19.4. The number of alkyl halides is 3. The van der Waals surface area contributed by atoms with Gasteiger partial charge in [0.05, 0.1) is 18.8 Å². The summed E-state index contributed by atoms with van der Waals surface area (Å²) in [6, 6.07) is 8.14. The van der Waals surface area contributed by atoms with E-state index in [-0.39, 0.29) is 24.9 Å². The van der Waals surface area contributed by atoms with Crippen molar-refractivity contribution in [3.05, 3.63) is 59.9 Å². The maximum Gasteiger partial charge on any atom is 0.416 e. The molecule has 0 aliphatic rings.